The van der Waals surface area contributed by atoms with Gasteiger partial charge in [-0.1, -0.05) is 12.1 Å². The molecule has 0 spiro atoms. The van der Waals surface area contributed by atoms with E-state index < -0.39 is 5.91 Å². The Balaban J connectivity index is 1.76. The normalized spacial score (nSPS) is 10.6. The van der Waals surface area contributed by atoms with E-state index in [9.17, 15) is 14.4 Å². The monoisotopic (exact) mass is 440 g/mol. The van der Waals surface area contributed by atoms with Crippen molar-refractivity contribution >= 4 is 23.9 Å². The van der Waals surface area contributed by atoms with Crippen molar-refractivity contribution in [3.63, 3.8) is 0 Å². The van der Waals surface area contributed by atoms with Crippen molar-refractivity contribution in [1.82, 2.24) is 16.1 Å². The van der Waals surface area contributed by atoms with Crippen LogP contribution in [0.15, 0.2) is 53.6 Å². The zero-order valence-corrected chi connectivity index (χ0v) is 18.0. The molecule has 0 radical (unpaired) electrons. The third-order valence-electron chi connectivity index (χ3n) is 4.43. The Labute approximate surface area is 186 Å². The van der Waals surface area contributed by atoms with Gasteiger partial charge in [0.15, 0.2) is 0 Å². The summed E-state index contributed by atoms with van der Waals surface area (Å²) < 4.78 is 5.13. The number of aliphatic hydroxyl groups excluding tert-OH is 1. The van der Waals surface area contributed by atoms with Crippen molar-refractivity contribution in [2.45, 2.75) is 19.3 Å². The largest absolute Gasteiger partial charge is 0.497 e. The first-order valence-electron chi connectivity index (χ1n) is 10.3. The molecule has 2 aromatic rings. The van der Waals surface area contributed by atoms with Crippen LogP contribution in [-0.2, 0) is 4.79 Å². The quantitative estimate of drug-likeness (QED) is 0.226. The lowest BCUT2D eigenvalue weighted by molar-refractivity contribution is -0.120. The number of hydrazone groups is 1. The van der Waals surface area contributed by atoms with Crippen LogP contribution in [0.4, 0.5) is 0 Å². The van der Waals surface area contributed by atoms with Gasteiger partial charge < -0.3 is 20.5 Å². The molecule has 0 unspecified atom stereocenters. The van der Waals surface area contributed by atoms with E-state index in [1.165, 1.54) is 30.5 Å². The van der Waals surface area contributed by atoms with Crippen molar-refractivity contribution in [2.24, 2.45) is 5.10 Å². The number of ether oxygens (including phenoxy) is 1. The number of benzene rings is 2. The molecule has 0 saturated heterocycles. The molecule has 9 nitrogen and oxygen atoms in total. The first-order chi connectivity index (χ1) is 15.5. The minimum absolute atomic E-state index is 0.100. The fraction of sp³-hybridized carbons (Fsp3) is 0.304. The Bertz CT molecular complexity index is 928. The van der Waals surface area contributed by atoms with Gasteiger partial charge in [-0.25, -0.2) is 5.43 Å². The molecule has 3 amide bonds. The van der Waals surface area contributed by atoms with E-state index in [1.54, 1.807) is 13.2 Å². The van der Waals surface area contributed by atoms with Gasteiger partial charge in [-0.05, 0) is 54.8 Å². The molecule has 0 fully saturated rings. The highest BCUT2D eigenvalue weighted by molar-refractivity contribution is 5.98. The second-order valence-corrected chi connectivity index (χ2v) is 6.84. The predicted molar refractivity (Wildman–Crippen MR) is 121 cm³/mol. The Morgan fingerprint density at radius 1 is 0.969 bits per heavy atom. The number of aliphatic hydroxyl groups is 1. The number of hydrogen-bond acceptors (Lipinski definition) is 6. The van der Waals surface area contributed by atoms with Crippen LogP contribution in [0.1, 0.15) is 45.5 Å². The molecule has 0 aromatic heterocycles. The summed E-state index contributed by atoms with van der Waals surface area (Å²) in [4.78, 5) is 36.1. The van der Waals surface area contributed by atoms with E-state index in [-0.39, 0.29) is 31.4 Å². The molecule has 32 heavy (non-hydrogen) atoms. The highest BCUT2D eigenvalue weighted by Gasteiger charge is 2.09. The third kappa shape index (κ3) is 8.57. The van der Waals surface area contributed by atoms with Crippen molar-refractivity contribution < 1.29 is 24.2 Å². The average Bonchev–Trinajstić information content (AvgIpc) is 2.82. The average molecular weight is 441 g/mol. The minimum Gasteiger partial charge on any atom is -0.497 e. The van der Waals surface area contributed by atoms with Gasteiger partial charge in [-0.15, -0.1) is 0 Å². The van der Waals surface area contributed by atoms with Crippen LogP contribution in [0.5, 0.6) is 5.75 Å². The van der Waals surface area contributed by atoms with Crippen molar-refractivity contribution in [3.8, 4) is 5.75 Å². The van der Waals surface area contributed by atoms with Gasteiger partial charge in [-0.2, -0.15) is 5.10 Å². The summed E-state index contributed by atoms with van der Waals surface area (Å²) in [5.41, 5.74) is 3.94. The lowest BCUT2D eigenvalue weighted by Crippen LogP contribution is -2.31. The van der Waals surface area contributed by atoms with E-state index in [4.69, 9.17) is 9.84 Å². The number of nitrogens with one attached hydrogen (secondary N) is 3. The molecule has 0 saturated carbocycles. The van der Waals surface area contributed by atoms with Crippen molar-refractivity contribution in [1.29, 1.82) is 0 Å². The Hall–Kier alpha value is -3.72. The fourth-order valence-corrected chi connectivity index (χ4v) is 2.67. The van der Waals surface area contributed by atoms with Gasteiger partial charge in [0, 0.05) is 37.2 Å². The summed E-state index contributed by atoms with van der Waals surface area (Å²) in [6.07, 6.45) is 3.02. The highest BCUT2D eigenvalue weighted by atomic mass is 16.5. The summed E-state index contributed by atoms with van der Waals surface area (Å²) in [5, 5.41) is 18.0. The number of hydrogen-bond donors (Lipinski definition) is 4. The Kier molecular flexibility index (Phi) is 10.4. The molecule has 2 rings (SSSR count). The number of carbonyl (C=O) groups excluding carboxylic acids is 3. The molecule has 0 aliphatic carbocycles. The molecule has 2 aromatic carbocycles. The Morgan fingerprint density at radius 3 is 2.38 bits per heavy atom. The van der Waals surface area contributed by atoms with Gasteiger partial charge in [0.2, 0.25) is 5.91 Å². The number of rotatable bonds is 12. The van der Waals surface area contributed by atoms with Crippen LogP contribution in [0.3, 0.4) is 0 Å². The highest BCUT2D eigenvalue weighted by Crippen LogP contribution is 2.10. The number of methoxy groups -OCH3 is 1. The molecule has 9 heteroatoms. The molecule has 0 heterocycles. The summed E-state index contributed by atoms with van der Waals surface area (Å²) in [6, 6.07) is 13.4. The van der Waals surface area contributed by atoms with Gasteiger partial charge in [0.25, 0.3) is 11.8 Å². The Morgan fingerprint density at radius 2 is 1.69 bits per heavy atom. The molecular weight excluding hydrogens is 412 g/mol. The molecule has 170 valence electrons. The lowest BCUT2D eigenvalue weighted by Gasteiger charge is -2.07. The topological polar surface area (TPSA) is 129 Å². The van der Waals surface area contributed by atoms with E-state index in [0.29, 0.717) is 36.3 Å². The number of carbonyl (C=O) groups is 3. The predicted octanol–water partition coefficient (Wildman–Crippen LogP) is 1.47. The first-order valence-corrected chi connectivity index (χ1v) is 10.3. The van der Waals surface area contributed by atoms with Gasteiger partial charge in [0.05, 0.1) is 13.3 Å². The van der Waals surface area contributed by atoms with Gasteiger partial charge in [-0.3, -0.25) is 14.4 Å². The third-order valence-corrected chi connectivity index (χ3v) is 4.43. The van der Waals surface area contributed by atoms with E-state index >= 15 is 0 Å². The smallest absolute Gasteiger partial charge is 0.271 e. The van der Waals surface area contributed by atoms with Crippen LogP contribution >= 0.6 is 0 Å². The van der Waals surface area contributed by atoms with Crippen molar-refractivity contribution in [2.75, 3.05) is 26.8 Å². The summed E-state index contributed by atoms with van der Waals surface area (Å²) >= 11 is 0. The van der Waals surface area contributed by atoms with E-state index in [1.807, 2.05) is 18.2 Å². The molecule has 0 bridgehead atoms. The maximum Gasteiger partial charge on any atom is 0.271 e. The fourth-order valence-electron chi connectivity index (χ4n) is 2.67. The SMILES string of the molecule is COc1cccc(/C=N/NC(=O)c2ccc(C(=O)NCCC(=O)NCCCCO)cc2)c1. The zero-order valence-electron chi connectivity index (χ0n) is 18.0. The standard InChI is InChI=1S/C23H28N4O5/c1-32-20-6-4-5-17(15-20)16-26-27-23(31)19-9-7-18(8-10-19)22(30)25-13-11-21(29)24-12-2-3-14-28/h4-10,15-16,28H,2-3,11-14H2,1H3,(H,24,29)(H,25,30)(H,27,31)/b26-16+. The van der Waals surface area contributed by atoms with E-state index in [2.05, 4.69) is 21.2 Å². The molecule has 4 N–H and O–H groups in total. The second kappa shape index (κ2) is 13.6. The van der Waals surface area contributed by atoms with Crippen LogP contribution in [0.2, 0.25) is 0 Å². The van der Waals surface area contributed by atoms with Crippen LogP contribution < -0.4 is 20.8 Å². The zero-order chi connectivity index (χ0) is 23.2. The lowest BCUT2D eigenvalue weighted by atomic mass is 10.1. The number of amides is 3. The van der Waals surface area contributed by atoms with Crippen LogP contribution in [-0.4, -0.2) is 55.8 Å². The molecule has 0 aliphatic rings. The van der Waals surface area contributed by atoms with E-state index in [0.717, 1.165) is 5.56 Å². The number of nitrogens with zero attached hydrogens (tertiary/aromatic N) is 1. The summed E-state index contributed by atoms with van der Waals surface area (Å²) in [7, 11) is 1.57. The maximum absolute atomic E-state index is 12.2. The van der Waals surface area contributed by atoms with Gasteiger partial charge >= 0.3 is 0 Å². The summed E-state index contributed by atoms with van der Waals surface area (Å²) in [6.45, 7) is 0.801. The van der Waals surface area contributed by atoms with Gasteiger partial charge in [0.1, 0.15) is 5.75 Å². The maximum atomic E-state index is 12.2. The van der Waals surface area contributed by atoms with Crippen LogP contribution in [0, 0.1) is 0 Å². The molecular formula is C23H28N4O5. The minimum atomic E-state index is -0.408. The second-order valence-electron chi connectivity index (χ2n) is 6.84. The van der Waals surface area contributed by atoms with Crippen LogP contribution in [0.25, 0.3) is 0 Å². The number of unbranched alkanes of at least 4 members (excludes halogenated alkanes) is 1. The summed E-state index contributed by atoms with van der Waals surface area (Å²) in [5.74, 6) is -0.215. The first kappa shape index (κ1) is 24.5. The van der Waals surface area contributed by atoms with Crippen molar-refractivity contribution in [3.05, 3.63) is 65.2 Å². The molecule has 0 aliphatic heterocycles. The molecule has 0 atom stereocenters.